The lowest BCUT2D eigenvalue weighted by molar-refractivity contribution is -0.138. The van der Waals surface area contributed by atoms with E-state index in [0.29, 0.717) is 12.6 Å². The number of aliphatic carboxylic acids is 1. The van der Waals surface area contributed by atoms with Gasteiger partial charge in [-0.1, -0.05) is 0 Å². The molecule has 116 valence electrons. The lowest BCUT2D eigenvalue weighted by Gasteiger charge is -2.23. The van der Waals surface area contributed by atoms with Gasteiger partial charge in [0.2, 0.25) is 0 Å². The van der Waals surface area contributed by atoms with E-state index in [9.17, 15) is 9.59 Å². The third kappa shape index (κ3) is 5.34. The summed E-state index contributed by atoms with van der Waals surface area (Å²) < 4.78 is 0. The molecular formula is C13H26N4O3. The highest BCUT2D eigenvalue weighted by Crippen LogP contribution is 2.17. The summed E-state index contributed by atoms with van der Waals surface area (Å²) in [6, 6.07) is -0.540. The Labute approximate surface area is 120 Å². The van der Waals surface area contributed by atoms with Crippen LogP contribution in [0.25, 0.3) is 0 Å². The second kappa shape index (κ2) is 8.06. The standard InChI is InChI=1S/C13H26N4O3/c1-16-8-3-4-10(16)6-9-17(2)13(20)15-7-5-11(14)12(18)19/h10-11H,3-9,14H2,1-2H3,(H,15,20)(H,18,19)/t10?,11-/m0/s1. The van der Waals surface area contributed by atoms with E-state index >= 15 is 0 Å². The SMILES string of the molecule is CN(CCC1CCCN1C)C(=O)NCC[C@H](N)C(=O)O. The molecule has 1 unspecified atom stereocenters. The van der Waals surface area contributed by atoms with E-state index in [-0.39, 0.29) is 19.0 Å². The zero-order valence-corrected chi connectivity index (χ0v) is 12.3. The van der Waals surface area contributed by atoms with Gasteiger partial charge in [-0.05, 0) is 39.3 Å². The molecule has 2 amide bonds. The minimum Gasteiger partial charge on any atom is -0.480 e. The molecule has 20 heavy (non-hydrogen) atoms. The van der Waals surface area contributed by atoms with E-state index in [2.05, 4.69) is 17.3 Å². The molecule has 0 radical (unpaired) electrons. The number of carbonyl (C=O) groups is 2. The van der Waals surface area contributed by atoms with Gasteiger partial charge in [-0.25, -0.2) is 4.79 Å². The Bertz CT molecular complexity index is 338. The van der Waals surface area contributed by atoms with E-state index in [1.807, 2.05) is 0 Å². The second-order valence-corrected chi connectivity index (χ2v) is 5.45. The van der Waals surface area contributed by atoms with Gasteiger partial charge >= 0.3 is 12.0 Å². The predicted molar refractivity (Wildman–Crippen MR) is 76.5 cm³/mol. The maximum Gasteiger partial charge on any atom is 0.320 e. The normalized spacial score (nSPS) is 20.6. The summed E-state index contributed by atoms with van der Waals surface area (Å²) in [4.78, 5) is 26.3. The van der Waals surface area contributed by atoms with Crippen LogP contribution in [0.5, 0.6) is 0 Å². The van der Waals surface area contributed by atoms with Gasteiger partial charge in [0.15, 0.2) is 0 Å². The van der Waals surface area contributed by atoms with Crippen molar-refractivity contribution in [3.63, 3.8) is 0 Å². The monoisotopic (exact) mass is 286 g/mol. The number of likely N-dealkylation sites (tertiary alicyclic amines) is 1. The van der Waals surface area contributed by atoms with Crippen molar-refractivity contribution in [2.24, 2.45) is 5.73 Å². The topological polar surface area (TPSA) is 98.9 Å². The van der Waals surface area contributed by atoms with Gasteiger partial charge in [0.1, 0.15) is 6.04 Å². The van der Waals surface area contributed by atoms with Crippen LogP contribution in [-0.4, -0.2) is 72.7 Å². The van der Waals surface area contributed by atoms with Crippen LogP contribution in [0.4, 0.5) is 4.79 Å². The van der Waals surface area contributed by atoms with Crippen LogP contribution in [-0.2, 0) is 4.79 Å². The van der Waals surface area contributed by atoms with Gasteiger partial charge in [0.25, 0.3) is 0 Å². The Kier molecular flexibility index (Phi) is 6.74. The Morgan fingerprint density at radius 1 is 1.55 bits per heavy atom. The van der Waals surface area contributed by atoms with Crippen molar-refractivity contribution >= 4 is 12.0 Å². The van der Waals surface area contributed by atoms with Crippen LogP contribution in [0, 0.1) is 0 Å². The van der Waals surface area contributed by atoms with Gasteiger partial charge in [0, 0.05) is 26.2 Å². The maximum absolute atomic E-state index is 11.8. The number of nitrogens with two attached hydrogens (primary N) is 1. The number of carbonyl (C=O) groups excluding carboxylic acids is 1. The van der Waals surface area contributed by atoms with E-state index in [1.165, 1.54) is 12.8 Å². The van der Waals surface area contributed by atoms with Crippen molar-refractivity contribution in [3.8, 4) is 0 Å². The molecule has 7 nitrogen and oxygen atoms in total. The summed E-state index contributed by atoms with van der Waals surface area (Å²) >= 11 is 0. The molecule has 1 aliphatic heterocycles. The first-order valence-electron chi connectivity index (χ1n) is 7.09. The molecule has 1 heterocycles. The molecule has 4 N–H and O–H groups in total. The maximum atomic E-state index is 11.8. The predicted octanol–water partition coefficient (Wildman–Crippen LogP) is -0.0859. The number of hydrogen-bond donors (Lipinski definition) is 3. The Hall–Kier alpha value is -1.34. The van der Waals surface area contributed by atoms with Crippen LogP contribution in [0.3, 0.4) is 0 Å². The van der Waals surface area contributed by atoms with E-state index < -0.39 is 12.0 Å². The molecule has 1 aliphatic rings. The molecule has 1 fully saturated rings. The summed E-state index contributed by atoms with van der Waals surface area (Å²) in [5, 5.41) is 11.3. The summed E-state index contributed by atoms with van der Waals surface area (Å²) in [6.07, 6.45) is 3.62. The van der Waals surface area contributed by atoms with Crippen molar-refractivity contribution in [3.05, 3.63) is 0 Å². The van der Waals surface area contributed by atoms with Crippen molar-refractivity contribution in [1.29, 1.82) is 0 Å². The van der Waals surface area contributed by atoms with Crippen LogP contribution in [0.15, 0.2) is 0 Å². The molecule has 0 aromatic rings. The summed E-state index contributed by atoms with van der Waals surface area (Å²) in [5.41, 5.74) is 5.37. The third-order valence-electron chi connectivity index (χ3n) is 3.86. The van der Waals surface area contributed by atoms with Crippen LogP contribution in [0.2, 0.25) is 0 Å². The smallest absolute Gasteiger partial charge is 0.320 e. The van der Waals surface area contributed by atoms with Crippen LogP contribution in [0.1, 0.15) is 25.7 Å². The fraction of sp³-hybridized carbons (Fsp3) is 0.846. The fourth-order valence-electron chi connectivity index (χ4n) is 2.38. The minimum absolute atomic E-state index is 0.178. The van der Waals surface area contributed by atoms with Crippen LogP contribution < -0.4 is 11.1 Å². The molecular weight excluding hydrogens is 260 g/mol. The van der Waals surface area contributed by atoms with E-state index in [4.69, 9.17) is 10.8 Å². The molecule has 0 spiro atoms. The first-order valence-corrected chi connectivity index (χ1v) is 7.09. The van der Waals surface area contributed by atoms with Gasteiger partial charge in [-0.3, -0.25) is 4.79 Å². The second-order valence-electron chi connectivity index (χ2n) is 5.45. The minimum atomic E-state index is -1.04. The molecule has 7 heteroatoms. The fourth-order valence-corrected chi connectivity index (χ4v) is 2.38. The molecule has 1 rings (SSSR count). The van der Waals surface area contributed by atoms with Gasteiger partial charge in [-0.15, -0.1) is 0 Å². The number of rotatable bonds is 7. The number of carboxylic acid groups (broad SMARTS) is 1. The highest BCUT2D eigenvalue weighted by molar-refractivity contribution is 5.74. The molecule has 1 saturated heterocycles. The number of amides is 2. The van der Waals surface area contributed by atoms with Gasteiger partial charge in [-0.2, -0.15) is 0 Å². The van der Waals surface area contributed by atoms with Crippen molar-refractivity contribution in [2.75, 3.05) is 33.7 Å². The number of carboxylic acids is 1. The first-order chi connectivity index (χ1) is 9.41. The quantitative estimate of drug-likeness (QED) is 0.608. The molecule has 2 atom stereocenters. The van der Waals surface area contributed by atoms with Crippen molar-refractivity contribution in [2.45, 2.75) is 37.8 Å². The van der Waals surface area contributed by atoms with Gasteiger partial charge < -0.3 is 26.0 Å². The first kappa shape index (κ1) is 16.7. The largest absolute Gasteiger partial charge is 0.480 e. The lowest BCUT2D eigenvalue weighted by Crippen LogP contribution is -2.42. The number of nitrogens with one attached hydrogen (secondary N) is 1. The summed E-state index contributed by atoms with van der Waals surface area (Å²) in [7, 11) is 3.87. The van der Waals surface area contributed by atoms with Gasteiger partial charge in [0.05, 0.1) is 0 Å². The lowest BCUT2D eigenvalue weighted by atomic mass is 10.1. The highest BCUT2D eigenvalue weighted by atomic mass is 16.4. The number of nitrogens with zero attached hydrogens (tertiary/aromatic N) is 2. The van der Waals surface area contributed by atoms with E-state index in [0.717, 1.165) is 13.0 Å². The van der Waals surface area contributed by atoms with Crippen molar-refractivity contribution in [1.82, 2.24) is 15.1 Å². The Morgan fingerprint density at radius 2 is 2.25 bits per heavy atom. The summed E-state index contributed by atoms with van der Waals surface area (Å²) in [5.74, 6) is -1.04. The molecule has 0 aromatic heterocycles. The van der Waals surface area contributed by atoms with E-state index in [1.54, 1.807) is 11.9 Å². The zero-order valence-electron chi connectivity index (χ0n) is 12.3. The Morgan fingerprint density at radius 3 is 2.80 bits per heavy atom. The average molecular weight is 286 g/mol. The Balaban J connectivity index is 2.17. The average Bonchev–Trinajstić information content (AvgIpc) is 2.81. The number of urea groups is 1. The zero-order chi connectivity index (χ0) is 15.1. The van der Waals surface area contributed by atoms with Crippen molar-refractivity contribution < 1.29 is 14.7 Å². The van der Waals surface area contributed by atoms with Crippen LogP contribution >= 0.6 is 0 Å². The molecule has 0 aromatic carbocycles. The number of hydrogen-bond acceptors (Lipinski definition) is 4. The highest BCUT2D eigenvalue weighted by Gasteiger charge is 2.21. The molecule has 0 bridgehead atoms. The molecule has 0 aliphatic carbocycles. The molecule has 0 saturated carbocycles. The third-order valence-corrected chi connectivity index (χ3v) is 3.86. The summed E-state index contributed by atoms with van der Waals surface area (Å²) in [6.45, 7) is 2.11.